The van der Waals surface area contributed by atoms with E-state index in [-0.39, 0.29) is 113 Å². The number of aromatic nitrogens is 3. The second-order valence-electron chi connectivity index (χ2n) is 29.9. The number of pyridine rings is 3. The lowest BCUT2D eigenvalue weighted by molar-refractivity contribution is -0.145. The van der Waals surface area contributed by atoms with Crippen molar-refractivity contribution in [2.24, 2.45) is 76.9 Å². The van der Waals surface area contributed by atoms with E-state index >= 15 is 0 Å². The molecule has 3 saturated heterocycles. The number of nitrogens with one attached hydrogen (secondary N) is 5. The number of fused-ring (bicyclic) bond motifs is 6. The van der Waals surface area contributed by atoms with Crippen LogP contribution in [0.2, 0.25) is 0 Å². The average molecular weight is 1470 g/mol. The Balaban J connectivity index is 0.000000141. The van der Waals surface area contributed by atoms with E-state index in [1.165, 1.54) is 36.4 Å². The summed E-state index contributed by atoms with van der Waals surface area (Å²) in [4.78, 5) is 74.3. The minimum Gasteiger partial charge on any atom is -0.461 e. The van der Waals surface area contributed by atoms with Crippen molar-refractivity contribution in [3.05, 3.63) is 181 Å². The molecule has 15 rings (SSSR count). The Labute approximate surface area is 618 Å². The summed E-state index contributed by atoms with van der Waals surface area (Å²) in [6.07, 6.45) is 27.6. The van der Waals surface area contributed by atoms with Crippen LogP contribution in [-0.2, 0) is 38.6 Å². The van der Waals surface area contributed by atoms with Crippen molar-refractivity contribution < 1.29 is 64.5 Å². The van der Waals surface area contributed by atoms with E-state index in [9.17, 15) is 45.6 Å². The molecule has 3 aliphatic heterocycles. The average Bonchev–Trinajstić information content (AvgIpc) is 1.54. The molecule has 0 bridgehead atoms. The number of benzene rings is 3. The summed E-state index contributed by atoms with van der Waals surface area (Å²) >= 11 is 0. The first-order chi connectivity index (χ1) is 51.3. The largest absolute Gasteiger partial charge is 0.461 e. The number of esters is 1. The Morgan fingerprint density at radius 1 is 0.491 bits per heavy atom. The maximum Gasteiger partial charge on any atom is 0.407 e. The van der Waals surface area contributed by atoms with Gasteiger partial charge in [-0.1, -0.05) is 72.8 Å². The molecule has 0 spiro atoms. The molecule has 106 heavy (non-hydrogen) atoms. The quantitative estimate of drug-likeness (QED) is 0.0474. The molecule has 0 unspecified atom stereocenters. The van der Waals surface area contributed by atoms with Crippen molar-refractivity contribution in [2.75, 3.05) is 32.9 Å². The molecular weight excluding hydrogens is 1370 g/mol. The van der Waals surface area contributed by atoms with Crippen LogP contribution in [0.1, 0.15) is 121 Å². The van der Waals surface area contributed by atoms with Gasteiger partial charge in [0.15, 0.2) is 0 Å². The van der Waals surface area contributed by atoms with Crippen molar-refractivity contribution in [1.82, 2.24) is 40.9 Å². The molecule has 9 fully saturated rings. The molecule has 19 nitrogen and oxygen atoms in total. The number of hydrogen-bond acceptors (Lipinski definition) is 14. The second kappa shape index (κ2) is 34.1. The zero-order valence-corrected chi connectivity index (χ0v) is 60.9. The smallest absolute Gasteiger partial charge is 0.407 e. The van der Waals surface area contributed by atoms with Gasteiger partial charge in [-0.05, 0) is 247 Å². The minimum absolute atomic E-state index is 0.00590. The third-order valence-electron chi connectivity index (χ3n) is 23.6. The number of rotatable bonds is 15. The highest BCUT2D eigenvalue weighted by atomic mass is 32.2. The van der Waals surface area contributed by atoms with Gasteiger partial charge in [-0.15, -0.1) is 0 Å². The van der Waals surface area contributed by atoms with E-state index in [4.69, 9.17) is 18.9 Å². The van der Waals surface area contributed by atoms with E-state index < -0.39 is 15.3 Å². The fourth-order valence-corrected chi connectivity index (χ4v) is 21.1. The Morgan fingerprint density at radius 3 is 1.32 bits per heavy atom. The monoisotopic (exact) mass is 1470 g/mol. The molecule has 3 aromatic carbocycles. The molecule has 6 aliphatic carbocycles. The van der Waals surface area contributed by atoms with Crippen molar-refractivity contribution in [3.63, 3.8) is 0 Å². The van der Waals surface area contributed by atoms with Crippen LogP contribution in [0.25, 0.3) is 51.6 Å². The Kier molecular flexibility index (Phi) is 24.2. The number of allylic oxidation sites excluding steroid dienone is 2. The van der Waals surface area contributed by atoms with Gasteiger partial charge in [-0.3, -0.25) is 24.5 Å². The van der Waals surface area contributed by atoms with Crippen LogP contribution in [-0.4, -0.2) is 116 Å². The summed E-state index contributed by atoms with van der Waals surface area (Å²) in [6, 6.07) is 31.1. The Morgan fingerprint density at radius 2 is 0.896 bits per heavy atom. The van der Waals surface area contributed by atoms with Crippen LogP contribution < -0.4 is 26.0 Å². The third-order valence-corrected chi connectivity index (χ3v) is 25.6. The topological polar surface area (TPSA) is 255 Å². The highest BCUT2D eigenvalue weighted by Crippen LogP contribution is 2.54. The molecule has 18 atom stereocenters. The maximum atomic E-state index is 13.6. The number of ether oxygens (including phenoxy) is 4. The fourth-order valence-electron chi connectivity index (χ4n) is 19.0. The molecular formula is C83H95F3N8O11S. The van der Waals surface area contributed by atoms with Crippen LogP contribution in [0.4, 0.5) is 27.6 Å². The number of carbonyl (C=O) groups excluding carboxylic acids is 5. The summed E-state index contributed by atoms with van der Waals surface area (Å²) in [5, 5.41) is 11.6. The summed E-state index contributed by atoms with van der Waals surface area (Å²) in [7, 11) is -3.38. The van der Waals surface area contributed by atoms with E-state index in [2.05, 4.69) is 53.1 Å². The van der Waals surface area contributed by atoms with Crippen molar-refractivity contribution >= 4 is 58.4 Å². The fraction of sp³-hybridized carbons (Fsp3) is 0.470. The number of alkyl carbamates (subject to hydrolysis) is 3. The zero-order valence-electron chi connectivity index (χ0n) is 60.1. The summed E-state index contributed by atoms with van der Waals surface area (Å²) < 4.78 is 90.3. The van der Waals surface area contributed by atoms with Crippen molar-refractivity contribution in [3.8, 4) is 33.4 Å². The molecule has 6 saturated carbocycles. The van der Waals surface area contributed by atoms with Gasteiger partial charge in [0, 0.05) is 84.2 Å². The van der Waals surface area contributed by atoms with Crippen LogP contribution in [0, 0.1) is 94.4 Å². The van der Waals surface area contributed by atoms with E-state index in [1.807, 2.05) is 85.8 Å². The van der Waals surface area contributed by atoms with Gasteiger partial charge in [0.25, 0.3) is 0 Å². The first-order valence-electron chi connectivity index (χ1n) is 37.8. The molecule has 6 aromatic rings. The van der Waals surface area contributed by atoms with E-state index in [1.54, 1.807) is 50.6 Å². The first-order valence-corrected chi connectivity index (χ1v) is 39.4. The number of halogens is 3. The lowest BCUT2D eigenvalue weighted by Gasteiger charge is -2.47. The van der Waals surface area contributed by atoms with Gasteiger partial charge in [-0.25, -0.2) is 40.7 Å². The maximum absolute atomic E-state index is 13.6. The van der Waals surface area contributed by atoms with E-state index in [0.29, 0.717) is 68.3 Å². The number of nitrogens with zero attached hydrogens (tertiary/aromatic N) is 3. The van der Waals surface area contributed by atoms with Crippen LogP contribution in [0.3, 0.4) is 0 Å². The van der Waals surface area contributed by atoms with Gasteiger partial charge in [0.2, 0.25) is 15.9 Å². The molecule has 560 valence electrons. The van der Waals surface area contributed by atoms with E-state index in [0.717, 1.165) is 134 Å². The molecule has 5 N–H and O–H groups in total. The normalized spacial score (nSPS) is 30.2. The minimum atomic E-state index is -3.38. The van der Waals surface area contributed by atoms with Gasteiger partial charge < -0.3 is 40.2 Å². The highest BCUT2D eigenvalue weighted by Gasteiger charge is 2.55. The molecule has 6 heterocycles. The van der Waals surface area contributed by atoms with Gasteiger partial charge in [0.05, 0.1) is 48.6 Å². The van der Waals surface area contributed by atoms with Gasteiger partial charge in [0.1, 0.15) is 23.6 Å². The molecule has 0 radical (unpaired) electrons. The predicted molar refractivity (Wildman–Crippen MR) is 397 cm³/mol. The molecule has 9 aliphatic rings. The first kappa shape index (κ1) is 75.0. The lowest BCUT2D eigenvalue weighted by Crippen LogP contribution is -2.49. The Bertz CT molecular complexity index is 4270. The standard InChI is InChI=1S/C28H32FN3O3.C28H31FN2O4.C27H32FN3O4S/c1-2-35-28(34)32-23-9-10-24-19(14-23)12-20-16-31-27(33)26(20)25(24)11-8-22-7-6-18(15-30-22)17-4-3-5-21(29)13-17;1-2-34-28(33)31-23-9-10-24-19(14-23)12-20-15-26(32)35-27(20)25(24)11-8-22-7-6-18(16-30-22)17-4-3-5-21(29)13-17;1-2-35-27(32)31-23-9-10-24-19(14-23)12-20-16-30-36(33,34)26(20)25(24)11-8-22-7-6-18(15-29-22)17-4-3-5-21(28)13-17/h3-8,11,13,15,19-20,23-26H,2,9-10,12,14,16H2,1H3,(H,31,33)(H,32,34);3-8,11,13,16,19-20,23-25,27H,2,9-10,12,14-15H2,1H3,(H,31,33);3-8,11,13,15,19-20,23-26,30H,2,9-10,12,14,16H2,1H3,(H,31,32)/b3*11-8+/t19-,20+,23-,24-,25+,26-;19-,20+,23-,24-,25+,27-;19-,20+,23-,24-,25+,26-/m111/s1. The summed E-state index contributed by atoms with van der Waals surface area (Å²) in [6.45, 7) is 7.65. The lowest BCUT2D eigenvalue weighted by atomic mass is 9.58. The highest BCUT2D eigenvalue weighted by molar-refractivity contribution is 7.90. The zero-order chi connectivity index (χ0) is 74.0. The number of carbonyl (C=O) groups is 5. The van der Waals surface area contributed by atoms with Crippen molar-refractivity contribution in [2.45, 2.75) is 134 Å². The van der Waals surface area contributed by atoms with Crippen molar-refractivity contribution in [1.29, 1.82) is 0 Å². The summed E-state index contributed by atoms with van der Waals surface area (Å²) in [5.41, 5.74) is 7.24. The molecule has 4 amide bonds. The third kappa shape index (κ3) is 18.1. The number of sulfonamides is 1. The second-order valence-corrected chi connectivity index (χ2v) is 31.8. The summed E-state index contributed by atoms with van der Waals surface area (Å²) in [5.74, 6) is 2.17. The predicted octanol–water partition coefficient (Wildman–Crippen LogP) is 14.6. The molecule has 3 aromatic heterocycles. The number of amides is 4. The van der Waals surface area contributed by atoms with Crippen LogP contribution in [0.15, 0.2) is 146 Å². The van der Waals surface area contributed by atoms with Gasteiger partial charge in [-0.2, -0.15) is 0 Å². The van der Waals surface area contributed by atoms with Crippen LogP contribution in [0.5, 0.6) is 0 Å². The van der Waals surface area contributed by atoms with Crippen LogP contribution >= 0.6 is 0 Å². The molecule has 23 heteroatoms. The van der Waals surface area contributed by atoms with Gasteiger partial charge >= 0.3 is 24.2 Å². The Hall–Kier alpha value is -9.22. The SMILES string of the molecule is CCOC(=O)N[C@@H]1CC[C@@H]2[C@@H](C1)C[C@H]1CC(=O)O[C@H]1[C@H]2/C=C/c1ccc(-c2cccc(F)c2)cn1.CCOC(=O)N[C@@H]1CC[C@@H]2[C@@H](C1)C[C@H]1CNC(=O)[C@H]1[C@H]2/C=C/c1ccc(-c2cccc(F)c2)cn1.CCOC(=O)N[C@@H]1CC[C@@H]2[C@@H](C1)C[C@H]1CNS(=O)(=O)[C@H]1[C@H]2/C=C/c1ccc(-c2cccc(F)c2)cn1. The number of hydrogen-bond donors (Lipinski definition) is 5.